The van der Waals surface area contributed by atoms with E-state index < -0.39 is 17.5 Å². The van der Waals surface area contributed by atoms with Crippen molar-refractivity contribution in [3.63, 3.8) is 0 Å². The normalized spacial score (nSPS) is 10.9. The summed E-state index contributed by atoms with van der Waals surface area (Å²) >= 11 is 0. The van der Waals surface area contributed by atoms with Gasteiger partial charge >= 0.3 is 0 Å². The van der Waals surface area contributed by atoms with Crippen molar-refractivity contribution in [2.75, 3.05) is 5.73 Å². The fourth-order valence-electron chi connectivity index (χ4n) is 1.88. The summed E-state index contributed by atoms with van der Waals surface area (Å²) in [5.74, 6) is -2.42. The molecule has 0 unspecified atom stereocenters. The van der Waals surface area contributed by atoms with Crippen molar-refractivity contribution in [1.29, 1.82) is 0 Å². The standard InChI is InChI=1S/C12H12F3N3/c1-3-18-6(2)17-11(12(18)16)7-4-9(14)10(15)5-8(7)13/h4-5H,3,16H2,1-2H3. The zero-order valence-corrected chi connectivity index (χ0v) is 9.97. The Balaban J connectivity index is 2.66. The van der Waals surface area contributed by atoms with Gasteiger partial charge in [0, 0.05) is 18.2 Å². The second-order valence-electron chi connectivity index (χ2n) is 3.88. The number of aryl methyl sites for hydroxylation is 1. The number of aromatic nitrogens is 2. The van der Waals surface area contributed by atoms with Gasteiger partial charge in [-0.1, -0.05) is 0 Å². The van der Waals surface area contributed by atoms with Crippen LogP contribution in [0.15, 0.2) is 12.1 Å². The van der Waals surface area contributed by atoms with E-state index in [0.29, 0.717) is 18.4 Å². The molecule has 6 heteroatoms. The van der Waals surface area contributed by atoms with Gasteiger partial charge < -0.3 is 10.3 Å². The number of benzene rings is 1. The first-order valence-electron chi connectivity index (χ1n) is 5.43. The second-order valence-corrected chi connectivity index (χ2v) is 3.88. The van der Waals surface area contributed by atoms with E-state index in [1.807, 2.05) is 6.92 Å². The van der Waals surface area contributed by atoms with Gasteiger partial charge in [-0.2, -0.15) is 0 Å². The van der Waals surface area contributed by atoms with Crippen LogP contribution in [-0.2, 0) is 6.54 Å². The second kappa shape index (κ2) is 4.36. The van der Waals surface area contributed by atoms with Crippen LogP contribution in [0.25, 0.3) is 11.3 Å². The van der Waals surface area contributed by atoms with Gasteiger partial charge in [-0.05, 0) is 19.9 Å². The molecule has 0 atom stereocenters. The van der Waals surface area contributed by atoms with Crippen LogP contribution in [0.2, 0.25) is 0 Å². The maximum Gasteiger partial charge on any atom is 0.161 e. The topological polar surface area (TPSA) is 43.8 Å². The minimum atomic E-state index is -1.23. The van der Waals surface area contributed by atoms with Gasteiger partial charge in [-0.15, -0.1) is 0 Å². The highest BCUT2D eigenvalue weighted by Gasteiger charge is 2.18. The molecule has 0 bridgehead atoms. The molecule has 0 fully saturated rings. The molecule has 0 aliphatic carbocycles. The molecule has 0 amide bonds. The first kappa shape index (κ1) is 12.5. The average Bonchev–Trinajstić information content (AvgIpc) is 2.59. The van der Waals surface area contributed by atoms with E-state index in [0.717, 1.165) is 6.07 Å². The molecule has 96 valence electrons. The van der Waals surface area contributed by atoms with Crippen molar-refractivity contribution in [2.45, 2.75) is 20.4 Å². The van der Waals surface area contributed by atoms with E-state index in [1.54, 1.807) is 11.5 Å². The van der Waals surface area contributed by atoms with Crippen LogP contribution in [0.5, 0.6) is 0 Å². The molecule has 3 nitrogen and oxygen atoms in total. The summed E-state index contributed by atoms with van der Waals surface area (Å²) in [6, 6.07) is 1.26. The molecule has 0 aliphatic heterocycles. The Morgan fingerprint density at radius 3 is 2.33 bits per heavy atom. The van der Waals surface area contributed by atoms with Crippen LogP contribution < -0.4 is 5.73 Å². The molecular formula is C12H12F3N3. The van der Waals surface area contributed by atoms with E-state index in [2.05, 4.69) is 4.98 Å². The zero-order valence-electron chi connectivity index (χ0n) is 9.97. The molecular weight excluding hydrogens is 243 g/mol. The molecule has 0 spiro atoms. The predicted molar refractivity (Wildman–Crippen MR) is 62.4 cm³/mol. The van der Waals surface area contributed by atoms with Crippen LogP contribution in [0.4, 0.5) is 19.0 Å². The lowest BCUT2D eigenvalue weighted by atomic mass is 10.1. The molecule has 2 N–H and O–H groups in total. The first-order chi connectivity index (χ1) is 8.45. The molecule has 1 aromatic carbocycles. The number of nitrogen functional groups attached to an aromatic ring is 1. The van der Waals surface area contributed by atoms with Gasteiger partial charge in [-0.3, -0.25) is 0 Å². The summed E-state index contributed by atoms with van der Waals surface area (Å²) in [7, 11) is 0. The third kappa shape index (κ3) is 1.83. The maximum absolute atomic E-state index is 13.6. The Bertz CT molecular complexity index is 605. The van der Waals surface area contributed by atoms with Gasteiger partial charge in [0.05, 0.1) is 0 Å². The highest BCUT2D eigenvalue weighted by atomic mass is 19.2. The number of hydrogen-bond donors (Lipinski definition) is 1. The quantitative estimate of drug-likeness (QED) is 0.838. The third-order valence-electron chi connectivity index (χ3n) is 2.78. The Labute approximate surface area is 102 Å². The monoisotopic (exact) mass is 255 g/mol. The summed E-state index contributed by atoms with van der Waals surface area (Å²) in [5, 5.41) is 0. The Hall–Kier alpha value is -1.98. The first-order valence-corrected chi connectivity index (χ1v) is 5.43. The molecule has 0 saturated heterocycles. The lowest BCUT2D eigenvalue weighted by Crippen LogP contribution is -2.02. The van der Waals surface area contributed by atoms with Gasteiger partial charge in [0.25, 0.3) is 0 Å². The highest BCUT2D eigenvalue weighted by Crippen LogP contribution is 2.29. The number of nitrogens with zero attached hydrogens (tertiary/aromatic N) is 2. The molecule has 1 heterocycles. The smallest absolute Gasteiger partial charge is 0.161 e. The predicted octanol–water partition coefficient (Wildman–Crippen LogP) is 2.88. The van der Waals surface area contributed by atoms with Crippen molar-refractivity contribution in [3.05, 3.63) is 35.4 Å². The van der Waals surface area contributed by atoms with Gasteiger partial charge in [0.15, 0.2) is 11.6 Å². The summed E-state index contributed by atoms with van der Waals surface area (Å²) < 4.78 is 41.3. The maximum atomic E-state index is 13.6. The van der Waals surface area contributed by atoms with Crippen LogP contribution in [-0.4, -0.2) is 9.55 Å². The Morgan fingerprint density at radius 1 is 1.17 bits per heavy atom. The summed E-state index contributed by atoms with van der Waals surface area (Å²) in [4.78, 5) is 4.09. The molecule has 2 aromatic rings. The van der Waals surface area contributed by atoms with Gasteiger partial charge in [0.1, 0.15) is 23.2 Å². The molecule has 0 saturated carbocycles. The Kier molecular flexibility index (Phi) is 3.02. The minimum Gasteiger partial charge on any atom is -0.383 e. The fraction of sp³-hybridized carbons (Fsp3) is 0.250. The van der Waals surface area contributed by atoms with Gasteiger partial charge in [-0.25, -0.2) is 18.2 Å². The van der Waals surface area contributed by atoms with Crippen molar-refractivity contribution in [1.82, 2.24) is 9.55 Å². The molecule has 0 radical (unpaired) electrons. The van der Waals surface area contributed by atoms with Crippen LogP contribution in [0, 0.1) is 24.4 Å². The number of imidazole rings is 1. The summed E-state index contributed by atoms with van der Waals surface area (Å²) in [6.07, 6.45) is 0. The van der Waals surface area contributed by atoms with E-state index in [-0.39, 0.29) is 17.1 Å². The number of rotatable bonds is 2. The third-order valence-corrected chi connectivity index (χ3v) is 2.78. The molecule has 2 rings (SSSR count). The molecule has 0 aliphatic rings. The number of anilines is 1. The molecule has 1 aromatic heterocycles. The van der Waals surface area contributed by atoms with E-state index >= 15 is 0 Å². The van der Waals surface area contributed by atoms with E-state index in [1.165, 1.54) is 0 Å². The van der Waals surface area contributed by atoms with Gasteiger partial charge in [0.2, 0.25) is 0 Å². The van der Waals surface area contributed by atoms with Crippen molar-refractivity contribution in [3.8, 4) is 11.3 Å². The van der Waals surface area contributed by atoms with Crippen LogP contribution in [0.3, 0.4) is 0 Å². The average molecular weight is 255 g/mol. The van der Waals surface area contributed by atoms with Crippen molar-refractivity contribution in [2.24, 2.45) is 0 Å². The lowest BCUT2D eigenvalue weighted by molar-refractivity contribution is 0.496. The summed E-state index contributed by atoms with van der Waals surface area (Å²) in [5.41, 5.74) is 5.81. The fourth-order valence-corrected chi connectivity index (χ4v) is 1.88. The summed E-state index contributed by atoms with van der Waals surface area (Å²) in [6.45, 7) is 4.13. The zero-order chi connectivity index (χ0) is 13.4. The van der Waals surface area contributed by atoms with Crippen molar-refractivity contribution >= 4 is 5.82 Å². The SMILES string of the molecule is CCn1c(C)nc(-c2cc(F)c(F)cc2F)c1N. The van der Waals surface area contributed by atoms with E-state index in [9.17, 15) is 13.2 Å². The highest BCUT2D eigenvalue weighted by molar-refractivity contribution is 5.71. The number of hydrogen-bond acceptors (Lipinski definition) is 2. The van der Waals surface area contributed by atoms with E-state index in [4.69, 9.17) is 5.73 Å². The number of halogens is 3. The van der Waals surface area contributed by atoms with Crippen molar-refractivity contribution < 1.29 is 13.2 Å². The molecule has 18 heavy (non-hydrogen) atoms. The van der Waals surface area contributed by atoms with Crippen LogP contribution in [0.1, 0.15) is 12.7 Å². The minimum absolute atomic E-state index is 0.130. The van der Waals surface area contributed by atoms with Crippen LogP contribution >= 0.6 is 0 Å². The number of nitrogens with two attached hydrogens (primary N) is 1. The Morgan fingerprint density at radius 2 is 1.78 bits per heavy atom. The lowest BCUT2D eigenvalue weighted by Gasteiger charge is -2.05. The largest absolute Gasteiger partial charge is 0.383 e.